The van der Waals surface area contributed by atoms with Gasteiger partial charge in [0.1, 0.15) is 0 Å². The number of carbonyl (C=O) groups is 1. The third kappa shape index (κ3) is 5.27. The molecule has 2 nitrogen and oxygen atoms in total. The Morgan fingerprint density at radius 1 is 1.05 bits per heavy atom. The van der Waals surface area contributed by atoms with Crippen molar-refractivity contribution in [1.82, 2.24) is 5.32 Å². The van der Waals surface area contributed by atoms with Crippen LogP contribution in [-0.2, 0) is 5.75 Å². The number of amides is 1. The Morgan fingerprint density at radius 3 is 2.52 bits per heavy atom. The molecular formula is C18H21NOS. The van der Waals surface area contributed by atoms with Gasteiger partial charge in [-0.3, -0.25) is 4.79 Å². The Labute approximate surface area is 131 Å². The van der Waals surface area contributed by atoms with E-state index in [1.54, 1.807) is 0 Å². The lowest BCUT2D eigenvalue weighted by Crippen LogP contribution is -2.25. The van der Waals surface area contributed by atoms with Crippen LogP contribution < -0.4 is 5.32 Å². The van der Waals surface area contributed by atoms with E-state index in [4.69, 9.17) is 0 Å². The first-order chi connectivity index (χ1) is 10.1. The lowest BCUT2D eigenvalue weighted by Gasteiger charge is -2.06. The summed E-state index contributed by atoms with van der Waals surface area (Å²) in [7, 11) is 0. The van der Waals surface area contributed by atoms with Crippen LogP contribution in [0.1, 0.15) is 27.0 Å². The van der Waals surface area contributed by atoms with E-state index < -0.39 is 0 Å². The zero-order chi connectivity index (χ0) is 15.1. The van der Waals surface area contributed by atoms with Crippen LogP contribution in [0.15, 0.2) is 48.5 Å². The summed E-state index contributed by atoms with van der Waals surface area (Å²) in [5, 5.41) is 2.96. The van der Waals surface area contributed by atoms with Crippen molar-refractivity contribution in [3.63, 3.8) is 0 Å². The molecule has 3 heteroatoms. The Kier molecular flexibility index (Phi) is 5.88. The maximum absolute atomic E-state index is 11.9. The molecule has 0 atom stereocenters. The summed E-state index contributed by atoms with van der Waals surface area (Å²) in [6.07, 6.45) is 0. The number of aryl methyl sites for hydroxylation is 2. The fraction of sp³-hybridized carbons (Fsp3) is 0.278. The summed E-state index contributed by atoms with van der Waals surface area (Å²) in [4.78, 5) is 11.9. The largest absolute Gasteiger partial charge is 0.351 e. The SMILES string of the molecule is Cc1ccc(CSCCNC(=O)c2cccc(C)c2)cc1. The molecule has 0 bridgehead atoms. The lowest BCUT2D eigenvalue weighted by atomic mass is 10.1. The highest BCUT2D eigenvalue weighted by molar-refractivity contribution is 7.98. The molecule has 21 heavy (non-hydrogen) atoms. The molecule has 1 amide bonds. The Bertz CT molecular complexity index is 592. The minimum Gasteiger partial charge on any atom is -0.351 e. The Morgan fingerprint density at radius 2 is 1.81 bits per heavy atom. The quantitative estimate of drug-likeness (QED) is 0.818. The van der Waals surface area contributed by atoms with Gasteiger partial charge in [0.15, 0.2) is 0 Å². The summed E-state index contributed by atoms with van der Waals surface area (Å²) < 4.78 is 0. The molecular weight excluding hydrogens is 278 g/mol. The van der Waals surface area contributed by atoms with E-state index in [-0.39, 0.29) is 5.91 Å². The number of hydrogen-bond acceptors (Lipinski definition) is 2. The topological polar surface area (TPSA) is 29.1 Å². The fourth-order valence-corrected chi connectivity index (χ4v) is 2.82. The summed E-state index contributed by atoms with van der Waals surface area (Å²) in [5.41, 5.74) is 4.46. The molecule has 0 saturated carbocycles. The zero-order valence-electron chi connectivity index (χ0n) is 12.6. The fourth-order valence-electron chi connectivity index (χ4n) is 2.00. The molecule has 0 aliphatic heterocycles. The van der Waals surface area contributed by atoms with Gasteiger partial charge in [-0.2, -0.15) is 11.8 Å². The standard InChI is InChI=1S/C18H21NOS/c1-14-6-8-16(9-7-14)13-21-11-10-19-18(20)17-5-3-4-15(2)12-17/h3-9,12H,10-11,13H2,1-2H3,(H,19,20). The predicted molar refractivity (Wildman–Crippen MR) is 90.9 cm³/mol. The van der Waals surface area contributed by atoms with Gasteiger partial charge in [0.2, 0.25) is 0 Å². The molecule has 2 rings (SSSR count). The molecule has 0 aliphatic carbocycles. The van der Waals surface area contributed by atoms with Crippen LogP contribution in [0.2, 0.25) is 0 Å². The van der Waals surface area contributed by atoms with Gasteiger partial charge in [0.25, 0.3) is 5.91 Å². The van der Waals surface area contributed by atoms with Gasteiger partial charge in [-0.25, -0.2) is 0 Å². The molecule has 0 fully saturated rings. The summed E-state index contributed by atoms with van der Waals surface area (Å²) in [6.45, 7) is 4.79. The van der Waals surface area contributed by atoms with Crippen LogP contribution in [0.4, 0.5) is 0 Å². The number of carbonyl (C=O) groups excluding carboxylic acids is 1. The first-order valence-corrected chi connectivity index (χ1v) is 8.29. The highest BCUT2D eigenvalue weighted by atomic mass is 32.2. The van der Waals surface area contributed by atoms with Crippen LogP contribution in [0.3, 0.4) is 0 Å². The molecule has 0 spiro atoms. The van der Waals surface area contributed by atoms with Gasteiger partial charge in [-0.05, 0) is 31.5 Å². The molecule has 2 aromatic carbocycles. The predicted octanol–water partition coefficient (Wildman–Crippen LogP) is 3.97. The van der Waals surface area contributed by atoms with Crippen molar-refractivity contribution >= 4 is 17.7 Å². The van der Waals surface area contributed by atoms with Crippen molar-refractivity contribution < 1.29 is 4.79 Å². The maximum Gasteiger partial charge on any atom is 0.251 e. The first-order valence-electron chi connectivity index (χ1n) is 7.13. The highest BCUT2D eigenvalue weighted by Crippen LogP contribution is 2.12. The van der Waals surface area contributed by atoms with Crippen molar-refractivity contribution in [2.45, 2.75) is 19.6 Å². The van der Waals surface area contributed by atoms with E-state index in [0.717, 1.165) is 22.6 Å². The molecule has 0 heterocycles. The van der Waals surface area contributed by atoms with Gasteiger partial charge < -0.3 is 5.32 Å². The molecule has 1 N–H and O–H groups in total. The molecule has 110 valence electrons. The van der Waals surface area contributed by atoms with Gasteiger partial charge in [0.05, 0.1) is 0 Å². The first kappa shape index (κ1) is 15.6. The molecule has 0 aromatic heterocycles. The smallest absolute Gasteiger partial charge is 0.251 e. The minimum atomic E-state index is 0.00892. The number of benzene rings is 2. The van der Waals surface area contributed by atoms with E-state index >= 15 is 0 Å². The van der Waals surface area contributed by atoms with E-state index in [0.29, 0.717) is 6.54 Å². The molecule has 0 saturated heterocycles. The second kappa shape index (κ2) is 7.89. The second-order valence-electron chi connectivity index (χ2n) is 5.16. The molecule has 0 aliphatic rings. The molecule has 0 unspecified atom stereocenters. The average molecular weight is 299 g/mol. The minimum absolute atomic E-state index is 0.00892. The maximum atomic E-state index is 11.9. The second-order valence-corrected chi connectivity index (χ2v) is 6.27. The number of nitrogens with one attached hydrogen (secondary N) is 1. The van der Waals surface area contributed by atoms with Crippen LogP contribution in [0, 0.1) is 13.8 Å². The van der Waals surface area contributed by atoms with Gasteiger partial charge in [0, 0.05) is 23.6 Å². The third-order valence-electron chi connectivity index (χ3n) is 3.20. The zero-order valence-corrected chi connectivity index (χ0v) is 13.4. The van der Waals surface area contributed by atoms with Crippen molar-refractivity contribution in [3.8, 4) is 0 Å². The van der Waals surface area contributed by atoms with Crippen molar-refractivity contribution in [2.24, 2.45) is 0 Å². The van der Waals surface area contributed by atoms with Gasteiger partial charge in [-0.15, -0.1) is 0 Å². The third-order valence-corrected chi connectivity index (χ3v) is 4.23. The normalized spacial score (nSPS) is 10.4. The lowest BCUT2D eigenvalue weighted by molar-refractivity contribution is 0.0956. The van der Waals surface area contributed by atoms with Crippen LogP contribution in [-0.4, -0.2) is 18.2 Å². The van der Waals surface area contributed by atoms with Gasteiger partial charge in [-0.1, -0.05) is 47.5 Å². The van der Waals surface area contributed by atoms with Crippen LogP contribution in [0.5, 0.6) is 0 Å². The van der Waals surface area contributed by atoms with Crippen molar-refractivity contribution in [3.05, 3.63) is 70.8 Å². The Hall–Kier alpha value is -1.74. The van der Waals surface area contributed by atoms with E-state index in [1.807, 2.05) is 43.0 Å². The average Bonchev–Trinajstić information content (AvgIpc) is 2.48. The number of thioether (sulfide) groups is 1. The Balaban J connectivity index is 1.68. The monoisotopic (exact) mass is 299 g/mol. The summed E-state index contributed by atoms with van der Waals surface area (Å²) in [5.74, 6) is 1.92. The summed E-state index contributed by atoms with van der Waals surface area (Å²) >= 11 is 1.84. The van der Waals surface area contributed by atoms with Crippen molar-refractivity contribution in [1.29, 1.82) is 0 Å². The number of rotatable bonds is 6. The number of hydrogen-bond donors (Lipinski definition) is 1. The highest BCUT2D eigenvalue weighted by Gasteiger charge is 2.04. The van der Waals surface area contributed by atoms with Crippen LogP contribution in [0.25, 0.3) is 0 Å². The summed E-state index contributed by atoms with van der Waals surface area (Å²) in [6, 6.07) is 16.3. The van der Waals surface area contributed by atoms with Crippen molar-refractivity contribution in [2.75, 3.05) is 12.3 Å². The van der Waals surface area contributed by atoms with E-state index in [2.05, 4.69) is 36.5 Å². The van der Waals surface area contributed by atoms with E-state index in [1.165, 1.54) is 11.1 Å². The van der Waals surface area contributed by atoms with E-state index in [9.17, 15) is 4.79 Å². The van der Waals surface area contributed by atoms with Crippen LogP contribution >= 0.6 is 11.8 Å². The molecule has 2 aromatic rings. The molecule has 0 radical (unpaired) electrons. The van der Waals surface area contributed by atoms with Gasteiger partial charge >= 0.3 is 0 Å².